The summed E-state index contributed by atoms with van der Waals surface area (Å²) < 4.78 is 11.0. The first-order valence-corrected chi connectivity index (χ1v) is 24.3. The van der Waals surface area contributed by atoms with Crippen molar-refractivity contribution in [2.45, 2.75) is 169 Å². The van der Waals surface area contributed by atoms with Crippen molar-refractivity contribution in [2.24, 2.45) is 17.8 Å². The van der Waals surface area contributed by atoms with E-state index in [9.17, 15) is 19.2 Å². The largest absolute Gasteiger partial charge is 0.468 e. The molecule has 3 aromatic heterocycles. The van der Waals surface area contributed by atoms with E-state index in [4.69, 9.17) is 19.4 Å². The van der Waals surface area contributed by atoms with E-state index in [0.717, 1.165) is 52.5 Å². The predicted molar refractivity (Wildman–Crippen MR) is 261 cm³/mol. The first-order valence-electron chi connectivity index (χ1n) is 24.3. The first kappa shape index (κ1) is 49.3. The molecular weight excluding hydrogens is 813 g/mol. The number of H-pyrrole nitrogens is 2. The van der Waals surface area contributed by atoms with E-state index in [1.54, 1.807) is 12.1 Å². The minimum absolute atomic E-state index is 0.114. The molecule has 1 unspecified atom stereocenters. The molecule has 1 aliphatic carbocycles. The molecular formula is C55H74N4O6. The lowest BCUT2D eigenvalue weighted by Crippen LogP contribution is -2.27. The molecule has 8 bridgehead atoms. The number of nitrogens with zero attached hydrogens (tertiary/aromatic N) is 2. The summed E-state index contributed by atoms with van der Waals surface area (Å²) in [6.07, 6.45) is 16.1. The zero-order valence-electron chi connectivity index (χ0n) is 41.1. The topological polar surface area (TPSA) is 144 Å². The van der Waals surface area contributed by atoms with Crippen molar-refractivity contribution >= 4 is 51.6 Å². The molecule has 65 heavy (non-hydrogen) atoms. The molecule has 0 fully saturated rings. The number of aromatic nitrogens is 4. The van der Waals surface area contributed by atoms with Gasteiger partial charge in [0.25, 0.3) is 0 Å². The van der Waals surface area contributed by atoms with E-state index in [2.05, 4.69) is 58.1 Å². The molecule has 2 aliphatic heterocycles. The van der Waals surface area contributed by atoms with Crippen molar-refractivity contribution < 1.29 is 28.7 Å². The molecule has 0 amide bonds. The van der Waals surface area contributed by atoms with Crippen LogP contribution in [0.1, 0.15) is 210 Å². The van der Waals surface area contributed by atoms with Gasteiger partial charge in [-0.15, -0.1) is 0 Å². The number of ether oxygens (including phenoxy) is 2. The molecule has 0 saturated carbocycles. The quantitative estimate of drug-likeness (QED) is 0.0648. The van der Waals surface area contributed by atoms with E-state index >= 15 is 0 Å². The normalized spacial score (nSPS) is 20.4. The second-order valence-electron chi connectivity index (χ2n) is 20.1. The number of nitrogens with one attached hydrogen (secondary N) is 2. The van der Waals surface area contributed by atoms with E-state index in [1.165, 1.54) is 57.6 Å². The van der Waals surface area contributed by atoms with Gasteiger partial charge in [0.15, 0.2) is 11.6 Å². The molecule has 10 nitrogen and oxygen atoms in total. The lowest BCUT2D eigenvalue weighted by molar-refractivity contribution is -0.143. The highest BCUT2D eigenvalue weighted by Crippen LogP contribution is 2.48. The van der Waals surface area contributed by atoms with Gasteiger partial charge in [0, 0.05) is 57.2 Å². The van der Waals surface area contributed by atoms with Crippen molar-refractivity contribution in [3.63, 3.8) is 0 Å². The third-order valence-corrected chi connectivity index (χ3v) is 14.9. The van der Waals surface area contributed by atoms with E-state index < -0.39 is 23.1 Å². The second kappa shape index (κ2) is 21.0. The Morgan fingerprint density at radius 3 is 2.20 bits per heavy atom. The van der Waals surface area contributed by atoms with Crippen molar-refractivity contribution in [2.75, 3.05) is 13.7 Å². The number of Topliss-reactive ketones (excluding diaryl/α,β-unsaturated/α-hetero) is 2. The third kappa shape index (κ3) is 10.5. The highest BCUT2D eigenvalue weighted by molar-refractivity contribution is 6.23. The van der Waals surface area contributed by atoms with Crippen LogP contribution >= 0.6 is 0 Å². The highest BCUT2D eigenvalue weighted by atomic mass is 16.5. The number of aryl methyl sites for hydroxylation is 2. The Hall–Kier alpha value is -5.12. The maximum atomic E-state index is 14.4. The second-order valence-corrected chi connectivity index (χ2v) is 20.1. The standard InChI is InChI=1S/C55H74N4O6/c1-13-38-35(8)40-28-41-36(9)39(24-25-46(60)65-27-26-34(7)23-17-22-33(6)21-16-20-32(5)19-15-18-31(3)4)50(58-41)48-49(54(63)64-12)52(61)47-37(10)42(59-51(47)48)29-44-53(62)55(11,14-2)45(57-44)30-43(38)56-40/h13,26,28-33,36,39,49,56,59H,1,14-25,27H2,2-12H3/b34-26+,40-28?,41-28?,42-29?,43-30?,44-29?,45-30?,50-48?/t32-,33-,36+,39+,49-,55?/m1/s1. The number of esters is 2. The van der Waals surface area contributed by atoms with Gasteiger partial charge in [-0.3, -0.25) is 24.2 Å². The molecule has 10 heteroatoms. The SMILES string of the molecule is C=Cc1c(C)c2cc3nc(c4c5[nH]c(cc6nc(cc1[nH]2)C(C)(CC)C6=O)c(C)c5C(=O)[C@@H]4C(=O)OC)[C@@H](CCC(=O)OC/C=C(\C)CCC[C@H](C)CCC[C@H](C)CCCC(C)C)[C@@H]3C. The van der Waals surface area contributed by atoms with E-state index in [-0.39, 0.29) is 42.3 Å². The Kier molecular flexibility index (Phi) is 15.9. The fraction of sp³-hybridized carbons (Fsp3) is 0.564. The summed E-state index contributed by atoms with van der Waals surface area (Å²) in [5, 5.41) is 0. The van der Waals surface area contributed by atoms with E-state index in [0.29, 0.717) is 57.9 Å². The van der Waals surface area contributed by atoms with Crippen molar-refractivity contribution in [3.8, 4) is 0 Å². The average Bonchev–Trinajstić information content (AvgIpc) is 3.99. The van der Waals surface area contributed by atoms with Crippen LogP contribution in [-0.4, -0.2) is 57.2 Å². The van der Waals surface area contributed by atoms with Gasteiger partial charge < -0.3 is 19.4 Å². The number of ketones is 2. The maximum absolute atomic E-state index is 14.4. The number of hydrogen-bond acceptors (Lipinski definition) is 8. The fourth-order valence-electron chi connectivity index (χ4n) is 10.2. The van der Waals surface area contributed by atoms with Crippen molar-refractivity contribution in [3.05, 3.63) is 87.0 Å². The number of carbonyl (C=O) groups excluding carboxylic acids is 4. The number of aromatic amines is 2. The number of fused-ring (bicyclic) bond motifs is 8. The number of allylic oxidation sites excluding steroid dienone is 1. The van der Waals surface area contributed by atoms with Crippen LogP contribution in [0.4, 0.5) is 0 Å². The minimum atomic E-state index is -1.24. The molecule has 350 valence electrons. The Morgan fingerprint density at radius 1 is 0.892 bits per heavy atom. The van der Waals surface area contributed by atoms with Crippen LogP contribution in [0.2, 0.25) is 0 Å². The van der Waals surface area contributed by atoms with Crippen LogP contribution in [0.25, 0.3) is 28.1 Å². The van der Waals surface area contributed by atoms with E-state index in [1.807, 2.05) is 45.9 Å². The molecule has 0 radical (unpaired) electrons. The van der Waals surface area contributed by atoms with Crippen LogP contribution in [0.5, 0.6) is 0 Å². The van der Waals surface area contributed by atoms with Crippen molar-refractivity contribution in [1.82, 2.24) is 19.9 Å². The van der Waals surface area contributed by atoms with Crippen LogP contribution < -0.4 is 0 Å². The molecule has 0 saturated heterocycles. The van der Waals surface area contributed by atoms with Gasteiger partial charge in [0.1, 0.15) is 18.2 Å². The Morgan fingerprint density at radius 2 is 1.55 bits per heavy atom. The van der Waals surface area contributed by atoms with Gasteiger partial charge in [0.2, 0.25) is 0 Å². The molecule has 6 atom stereocenters. The van der Waals surface area contributed by atoms with Crippen LogP contribution in [-0.2, 0) is 24.5 Å². The molecule has 6 rings (SSSR count). The number of methoxy groups -OCH3 is 1. The van der Waals surface area contributed by atoms with Gasteiger partial charge >= 0.3 is 11.9 Å². The van der Waals surface area contributed by atoms with Crippen LogP contribution in [0, 0.1) is 31.6 Å². The summed E-state index contributed by atoms with van der Waals surface area (Å²) in [5.41, 5.74) is 8.45. The average molecular weight is 887 g/mol. The predicted octanol–water partition coefficient (Wildman–Crippen LogP) is 13.2. The first-order chi connectivity index (χ1) is 30.9. The van der Waals surface area contributed by atoms with Gasteiger partial charge in [-0.2, -0.15) is 0 Å². The number of rotatable bonds is 20. The smallest absolute Gasteiger partial charge is 0.321 e. The van der Waals surface area contributed by atoms with Gasteiger partial charge in [-0.05, 0) is 107 Å². The van der Waals surface area contributed by atoms with Gasteiger partial charge in [-0.25, -0.2) is 4.98 Å². The summed E-state index contributed by atoms with van der Waals surface area (Å²) in [4.78, 5) is 72.6. The summed E-state index contributed by atoms with van der Waals surface area (Å²) in [6, 6.07) is 5.65. The fourth-order valence-corrected chi connectivity index (χ4v) is 10.2. The molecule has 2 N–H and O–H groups in total. The third-order valence-electron chi connectivity index (χ3n) is 14.9. The summed E-state index contributed by atoms with van der Waals surface area (Å²) in [5.74, 6) is -0.971. The van der Waals surface area contributed by atoms with Crippen molar-refractivity contribution in [1.29, 1.82) is 0 Å². The molecule has 0 aromatic carbocycles. The molecule has 3 aromatic rings. The summed E-state index contributed by atoms with van der Waals surface area (Å²) >= 11 is 0. The number of carbonyl (C=O) groups is 4. The Bertz CT molecular complexity index is 2510. The highest BCUT2D eigenvalue weighted by Gasteiger charge is 2.46. The lowest BCUT2D eigenvalue weighted by atomic mass is 9.80. The van der Waals surface area contributed by atoms with Crippen LogP contribution in [0.3, 0.4) is 0 Å². The molecule has 5 heterocycles. The Labute approximate surface area is 386 Å². The summed E-state index contributed by atoms with van der Waals surface area (Å²) in [6.45, 7) is 25.6. The number of hydrogen-bond donors (Lipinski definition) is 2. The van der Waals surface area contributed by atoms with Crippen LogP contribution in [0.15, 0.2) is 36.4 Å². The van der Waals surface area contributed by atoms with Gasteiger partial charge in [-0.1, -0.05) is 105 Å². The lowest BCUT2D eigenvalue weighted by Gasteiger charge is -2.19. The monoisotopic (exact) mass is 887 g/mol. The molecule has 0 spiro atoms. The maximum Gasteiger partial charge on any atom is 0.321 e. The van der Waals surface area contributed by atoms with Gasteiger partial charge in [0.05, 0.1) is 29.4 Å². The molecule has 3 aliphatic rings. The zero-order valence-corrected chi connectivity index (χ0v) is 41.1. The summed E-state index contributed by atoms with van der Waals surface area (Å²) in [7, 11) is 1.28. The zero-order chi connectivity index (χ0) is 47.3. The minimum Gasteiger partial charge on any atom is -0.468 e. The Balaban J connectivity index is 1.25.